The average Bonchev–Trinajstić information content (AvgIpc) is 2.50. The Morgan fingerprint density at radius 3 is 2.67 bits per heavy atom. The molecule has 1 aromatic rings. The zero-order valence-corrected chi connectivity index (χ0v) is 13.3. The van der Waals surface area contributed by atoms with Gasteiger partial charge in [0.2, 0.25) is 0 Å². The van der Waals surface area contributed by atoms with E-state index in [0.717, 1.165) is 32.7 Å². The van der Waals surface area contributed by atoms with E-state index in [9.17, 15) is 5.26 Å². The van der Waals surface area contributed by atoms with Crippen molar-refractivity contribution in [2.45, 2.75) is 25.4 Å². The summed E-state index contributed by atoms with van der Waals surface area (Å²) in [6, 6.07) is 13.4. The number of benzene rings is 1. The normalized spacial score (nSPS) is 23.4. The summed E-state index contributed by atoms with van der Waals surface area (Å²) in [5.41, 5.74) is 0.846. The first-order valence-corrected chi connectivity index (χ1v) is 7.72. The summed E-state index contributed by atoms with van der Waals surface area (Å²) in [5.74, 6) is 0. The van der Waals surface area contributed by atoms with E-state index in [0.29, 0.717) is 6.04 Å². The Balaban J connectivity index is 2.18. The summed E-state index contributed by atoms with van der Waals surface area (Å²) in [6.07, 6.45) is 0. The molecule has 0 saturated carbocycles. The predicted molar refractivity (Wildman–Crippen MR) is 85.9 cm³/mol. The van der Waals surface area contributed by atoms with Crippen molar-refractivity contribution >= 4 is 0 Å². The van der Waals surface area contributed by atoms with Gasteiger partial charge in [0.05, 0.1) is 6.07 Å². The SMILES string of the molecule is CCNC(C)(C#N)CN1CCN(C)CC1c1ccccc1. The monoisotopic (exact) mass is 286 g/mol. The Hall–Kier alpha value is -1.41. The number of hydrogen-bond donors (Lipinski definition) is 1. The van der Waals surface area contributed by atoms with Crippen LogP contribution in [-0.2, 0) is 0 Å². The molecule has 2 unspecified atom stereocenters. The number of hydrogen-bond acceptors (Lipinski definition) is 4. The van der Waals surface area contributed by atoms with Gasteiger partial charge in [0.1, 0.15) is 5.54 Å². The van der Waals surface area contributed by atoms with Gasteiger partial charge >= 0.3 is 0 Å². The van der Waals surface area contributed by atoms with Crippen LogP contribution in [0.2, 0.25) is 0 Å². The molecule has 0 bridgehead atoms. The maximum atomic E-state index is 9.51. The highest BCUT2D eigenvalue weighted by Gasteiger charge is 2.33. The number of nitriles is 1. The molecule has 0 amide bonds. The minimum Gasteiger partial charge on any atom is -0.303 e. The highest BCUT2D eigenvalue weighted by atomic mass is 15.3. The minimum absolute atomic E-state index is 0.358. The van der Waals surface area contributed by atoms with Crippen molar-refractivity contribution in [1.29, 1.82) is 5.26 Å². The van der Waals surface area contributed by atoms with Gasteiger partial charge in [-0.25, -0.2) is 0 Å². The Morgan fingerprint density at radius 2 is 2.05 bits per heavy atom. The molecule has 4 nitrogen and oxygen atoms in total. The summed E-state index contributed by atoms with van der Waals surface area (Å²) in [4.78, 5) is 4.81. The second kappa shape index (κ2) is 7.04. The quantitative estimate of drug-likeness (QED) is 0.897. The van der Waals surface area contributed by atoms with Crippen molar-refractivity contribution in [2.75, 3.05) is 39.8 Å². The van der Waals surface area contributed by atoms with Crippen LogP contribution < -0.4 is 5.32 Å². The maximum Gasteiger partial charge on any atom is 0.116 e. The summed E-state index contributed by atoms with van der Waals surface area (Å²) in [7, 11) is 2.17. The van der Waals surface area contributed by atoms with Crippen LogP contribution >= 0.6 is 0 Å². The van der Waals surface area contributed by atoms with E-state index in [1.807, 2.05) is 13.8 Å². The van der Waals surface area contributed by atoms with E-state index in [-0.39, 0.29) is 0 Å². The van der Waals surface area contributed by atoms with Gasteiger partial charge in [0, 0.05) is 32.2 Å². The van der Waals surface area contributed by atoms with Crippen LogP contribution in [0.3, 0.4) is 0 Å². The Kier molecular flexibility index (Phi) is 5.35. The topological polar surface area (TPSA) is 42.3 Å². The van der Waals surface area contributed by atoms with Gasteiger partial charge < -0.3 is 4.90 Å². The summed E-state index contributed by atoms with van der Waals surface area (Å²) < 4.78 is 0. The number of rotatable bonds is 5. The lowest BCUT2D eigenvalue weighted by atomic mass is 9.97. The summed E-state index contributed by atoms with van der Waals surface area (Å²) in [5, 5.41) is 12.8. The average molecular weight is 286 g/mol. The van der Waals surface area contributed by atoms with Crippen molar-refractivity contribution in [1.82, 2.24) is 15.1 Å². The molecule has 0 aromatic heterocycles. The number of piperazine rings is 1. The molecule has 1 saturated heterocycles. The first-order valence-electron chi connectivity index (χ1n) is 7.72. The van der Waals surface area contributed by atoms with E-state index in [4.69, 9.17) is 0 Å². The van der Waals surface area contributed by atoms with E-state index >= 15 is 0 Å². The standard InChI is InChI=1S/C17H26N4/c1-4-19-17(2,13-18)14-21-11-10-20(3)12-16(21)15-8-6-5-7-9-15/h5-9,16,19H,4,10-12,14H2,1-3H3. The molecule has 1 fully saturated rings. The highest BCUT2D eigenvalue weighted by molar-refractivity contribution is 5.21. The first kappa shape index (κ1) is 16.0. The maximum absolute atomic E-state index is 9.51. The lowest BCUT2D eigenvalue weighted by molar-refractivity contribution is 0.0735. The van der Waals surface area contributed by atoms with Crippen molar-refractivity contribution in [3.63, 3.8) is 0 Å². The van der Waals surface area contributed by atoms with E-state index in [2.05, 4.69) is 58.6 Å². The Labute approximate surface area is 128 Å². The number of nitrogens with one attached hydrogen (secondary N) is 1. The van der Waals surface area contributed by atoms with Gasteiger partial charge in [-0.3, -0.25) is 10.2 Å². The largest absolute Gasteiger partial charge is 0.303 e. The second-order valence-corrected chi connectivity index (χ2v) is 6.13. The fourth-order valence-electron chi connectivity index (χ4n) is 3.06. The molecule has 1 aliphatic heterocycles. The third-order valence-electron chi connectivity index (χ3n) is 4.21. The van der Waals surface area contributed by atoms with Crippen LogP contribution in [0.5, 0.6) is 0 Å². The molecule has 114 valence electrons. The summed E-state index contributed by atoms with van der Waals surface area (Å²) in [6.45, 7) is 8.68. The van der Waals surface area contributed by atoms with Crippen molar-refractivity contribution < 1.29 is 0 Å². The zero-order chi connectivity index (χ0) is 15.3. The minimum atomic E-state index is -0.488. The fourth-order valence-corrected chi connectivity index (χ4v) is 3.06. The third kappa shape index (κ3) is 4.04. The summed E-state index contributed by atoms with van der Waals surface area (Å²) >= 11 is 0. The Bertz CT molecular complexity index is 481. The molecule has 2 rings (SSSR count). The zero-order valence-electron chi connectivity index (χ0n) is 13.3. The molecule has 1 aliphatic rings. The highest BCUT2D eigenvalue weighted by Crippen LogP contribution is 2.26. The molecular weight excluding hydrogens is 260 g/mol. The van der Waals surface area contributed by atoms with Gasteiger partial charge in [-0.15, -0.1) is 0 Å². The molecule has 0 radical (unpaired) electrons. The molecule has 21 heavy (non-hydrogen) atoms. The van der Waals surface area contributed by atoms with Crippen molar-refractivity contribution in [2.24, 2.45) is 0 Å². The van der Waals surface area contributed by atoms with Crippen molar-refractivity contribution in [3.05, 3.63) is 35.9 Å². The van der Waals surface area contributed by atoms with Gasteiger partial charge in [0.15, 0.2) is 0 Å². The first-order chi connectivity index (χ1) is 10.1. The van der Waals surface area contributed by atoms with Crippen LogP contribution in [0.1, 0.15) is 25.5 Å². The third-order valence-corrected chi connectivity index (χ3v) is 4.21. The second-order valence-electron chi connectivity index (χ2n) is 6.13. The van der Waals surface area contributed by atoms with Crippen LogP contribution in [0.15, 0.2) is 30.3 Å². The molecule has 0 spiro atoms. The fraction of sp³-hybridized carbons (Fsp3) is 0.588. The van der Waals surface area contributed by atoms with Gasteiger partial charge in [-0.2, -0.15) is 5.26 Å². The van der Waals surface area contributed by atoms with Gasteiger partial charge in [-0.1, -0.05) is 37.3 Å². The predicted octanol–water partition coefficient (Wildman–Crippen LogP) is 1.87. The van der Waals surface area contributed by atoms with Crippen LogP contribution in [0.4, 0.5) is 0 Å². The smallest absolute Gasteiger partial charge is 0.116 e. The molecule has 1 aromatic carbocycles. The lowest BCUT2D eigenvalue weighted by Crippen LogP contribution is -2.55. The molecular formula is C17H26N4. The molecule has 1 N–H and O–H groups in total. The van der Waals surface area contributed by atoms with E-state index in [1.165, 1.54) is 5.56 Å². The van der Waals surface area contributed by atoms with Gasteiger partial charge in [-0.05, 0) is 26.1 Å². The van der Waals surface area contributed by atoms with Crippen molar-refractivity contribution in [3.8, 4) is 6.07 Å². The molecule has 4 heteroatoms. The van der Waals surface area contributed by atoms with Crippen LogP contribution in [-0.4, -0.2) is 55.1 Å². The molecule has 1 heterocycles. The van der Waals surface area contributed by atoms with E-state index < -0.39 is 5.54 Å². The van der Waals surface area contributed by atoms with Crippen LogP contribution in [0.25, 0.3) is 0 Å². The Morgan fingerprint density at radius 1 is 1.33 bits per heavy atom. The number of nitrogens with zero attached hydrogens (tertiary/aromatic N) is 3. The van der Waals surface area contributed by atoms with Crippen LogP contribution in [0, 0.1) is 11.3 Å². The molecule has 0 aliphatic carbocycles. The molecule has 2 atom stereocenters. The lowest BCUT2D eigenvalue weighted by Gasteiger charge is -2.43. The number of likely N-dealkylation sites (N-methyl/N-ethyl adjacent to an activating group) is 2. The van der Waals surface area contributed by atoms with Gasteiger partial charge in [0.25, 0.3) is 0 Å². The van der Waals surface area contributed by atoms with E-state index in [1.54, 1.807) is 0 Å².